The Labute approximate surface area is 149 Å². The Kier molecular flexibility index (Phi) is 4.38. The van der Waals surface area contributed by atoms with Crippen LogP contribution in [0.2, 0.25) is 0 Å². The first-order chi connectivity index (χ1) is 12.7. The van der Waals surface area contributed by atoms with Gasteiger partial charge in [-0.1, -0.05) is 12.1 Å². The Morgan fingerprint density at radius 1 is 1.19 bits per heavy atom. The highest BCUT2D eigenvalue weighted by Gasteiger charge is 2.34. The number of benzene rings is 1. The molecule has 1 aromatic carbocycles. The zero-order valence-corrected chi connectivity index (χ0v) is 14.2. The Morgan fingerprint density at radius 2 is 2.08 bits per heavy atom. The molecule has 0 saturated heterocycles. The molecule has 0 bridgehead atoms. The molecule has 1 atom stereocenters. The van der Waals surface area contributed by atoms with Crippen molar-refractivity contribution in [1.29, 1.82) is 0 Å². The maximum Gasteiger partial charge on any atom is 0.200 e. The Hall–Kier alpha value is -2.80. The smallest absolute Gasteiger partial charge is 0.200 e. The van der Waals surface area contributed by atoms with Gasteiger partial charge >= 0.3 is 0 Å². The second-order valence-corrected chi connectivity index (χ2v) is 6.20. The lowest BCUT2D eigenvalue weighted by atomic mass is 9.94. The highest BCUT2D eigenvalue weighted by atomic mass is 19.2. The molecule has 26 heavy (non-hydrogen) atoms. The third-order valence-corrected chi connectivity index (χ3v) is 4.71. The second kappa shape index (κ2) is 6.84. The van der Waals surface area contributed by atoms with Crippen molar-refractivity contribution in [3.05, 3.63) is 77.1 Å². The molecule has 0 fully saturated rings. The molecule has 0 radical (unpaired) electrons. The standard InChI is InChI=1S/C19H18F2N4O/c1-26-15-6-5-13(16(20)17(15)21)19-18-14(23-11-24-18)7-9-25(19)10-12-4-2-3-8-22-12/h2-6,8,11,19H,7,9-10H2,1H3,(H,23,24). The Morgan fingerprint density at radius 3 is 2.85 bits per heavy atom. The van der Waals surface area contributed by atoms with E-state index in [9.17, 15) is 8.78 Å². The zero-order chi connectivity index (χ0) is 18.1. The molecule has 2 aromatic heterocycles. The van der Waals surface area contributed by atoms with E-state index in [1.807, 2.05) is 18.2 Å². The van der Waals surface area contributed by atoms with Crippen molar-refractivity contribution < 1.29 is 13.5 Å². The lowest BCUT2D eigenvalue weighted by Crippen LogP contribution is -2.36. The molecule has 1 aliphatic rings. The summed E-state index contributed by atoms with van der Waals surface area (Å²) in [6.07, 6.45) is 4.08. The van der Waals surface area contributed by atoms with Crippen LogP contribution in [0.25, 0.3) is 0 Å². The number of aromatic amines is 1. The van der Waals surface area contributed by atoms with E-state index in [1.165, 1.54) is 13.2 Å². The molecule has 1 aliphatic heterocycles. The van der Waals surface area contributed by atoms with Gasteiger partial charge in [-0.05, 0) is 18.2 Å². The van der Waals surface area contributed by atoms with Crippen molar-refractivity contribution in [3.63, 3.8) is 0 Å². The summed E-state index contributed by atoms with van der Waals surface area (Å²) in [7, 11) is 1.32. The number of hydrogen-bond donors (Lipinski definition) is 1. The van der Waals surface area contributed by atoms with Crippen LogP contribution < -0.4 is 4.74 Å². The molecule has 5 nitrogen and oxygen atoms in total. The number of aromatic nitrogens is 3. The summed E-state index contributed by atoms with van der Waals surface area (Å²) in [6, 6.07) is 8.20. The van der Waals surface area contributed by atoms with Crippen molar-refractivity contribution in [1.82, 2.24) is 19.9 Å². The van der Waals surface area contributed by atoms with Gasteiger partial charge in [-0.3, -0.25) is 9.88 Å². The molecule has 0 spiro atoms. The van der Waals surface area contributed by atoms with Crippen LogP contribution >= 0.6 is 0 Å². The fraction of sp³-hybridized carbons (Fsp3) is 0.263. The lowest BCUT2D eigenvalue weighted by Gasteiger charge is -2.35. The third kappa shape index (κ3) is 2.84. The largest absolute Gasteiger partial charge is 0.494 e. The number of nitrogens with one attached hydrogen (secondary N) is 1. The summed E-state index contributed by atoms with van der Waals surface area (Å²) in [6.45, 7) is 1.20. The molecular formula is C19H18F2N4O. The number of nitrogens with zero attached hydrogens (tertiary/aromatic N) is 3. The van der Waals surface area contributed by atoms with Crippen molar-refractivity contribution in [2.45, 2.75) is 19.0 Å². The molecule has 0 saturated carbocycles. The van der Waals surface area contributed by atoms with E-state index in [2.05, 4.69) is 19.9 Å². The fourth-order valence-corrected chi connectivity index (χ4v) is 3.45. The number of hydrogen-bond acceptors (Lipinski definition) is 4. The van der Waals surface area contributed by atoms with Gasteiger partial charge in [0.05, 0.1) is 30.9 Å². The number of H-pyrrole nitrogens is 1. The van der Waals surface area contributed by atoms with E-state index >= 15 is 0 Å². The number of ether oxygens (including phenoxy) is 1. The topological polar surface area (TPSA) is 54.0 Å². The van der Waals surface area contributed by atoms with E-state index in [-0.39, 0.29) is 11.3 Å². The summed E-state index contributed by atoms with van der Waals surface area (Å²) < 4.78 is 34.0. The van der Waals surface area contributed by atoms with Gasteiger partial charge < -0.3 is 9.72 Å². The van der Waals surface area contributed by atoms with Gasteiger partial charge in [0.2, 0.25) is 5.82 Å². The van der Waals surface area contributed by atoms with Gasteiger partial charge in [-0.25, -0.2) is 9.37 Å². The van der Waals surface area contributed by atoms with E-state index in [0.29, 0.717) is 13.1 Å². The molecule has 1 unspecified atom stereocenters. The van der Waals surface area contributed by atoms with E-state index in [0.717, 1.165) is 23.5 Å². The Bertz CT molecular complexity index is 913. The maximum absolute atomic E-state index is 14.8. The average molecular weight is 356 g/mol. The van der Waals surface area contributed by atoms with Gasteiger partial charge in [-0.15, -0.1) is 0 Å². The maximum atomic E-state index is 14.8. The minimum absolute atomic E-state index is 0.111. The van der Waals surface area contributed by atoms with Gasteiger partial charge in [-0.2, -0.15) is 4.39 Å². The van der Waals surface area contributed by atoms with E-state index in [1.54, 1.807) is 18.6 Å². The molecule has 4 rings (SSSR count). The van der Waals surface area contributed by atoms with Crippen molar-refractivity contribution in [2.75, 3.05) is 13.7 Å². The zero-order valence-electron chi connectivity index (χ0n) is 14.2. The quantitative estimate of drug-likeness (QED) is 0.780. The molecule has 3 heterocycles. The predicted octanol–water partition coefficient (Wildman–Crippen LogP) is 3.24. The fourth-order valence-electron chi connectivity index (χ4n) is 3.45. The van der Waals surface area contributed by atoms with Crippen LogP contribution in [0.15, 0.2) is 42.9 Å². The summed E-state index contributed by atoms with van der Waals surface area (Å²) in [4.78, 5) is 13.9. The number of rotatable bonds is 4. The number of imidazole rings is 1. The van der Waals surface area contributed by atoms with Crippen LogP contribution in [0.1, 0.15) is 28.7 Å². The third-order valence-electron chi connectivity index (χ3n) is 4.71. The van der Waals surface area contributed by atoms with Crippen molar-refractivity contribution in [2.24, 2.45) is 0 Å². The second-order valence-electron chi connectivity index (χ2n) is 6.20. The number of halogens is 2. The summed E-state index contributed by atoms with van der Waals surface area (Å²) >= 11 is 0. The SMILES string of the molecule is COc1ccc(C2c3nc[nH]c3CCN2Cc2ccccn2)c(F)c1F. The summed E-state index contributed by atoms with van der Waals surface area (Å²) in [5.41, 5.74) is 2.77. The number of pyridine rings is 1. The monoisotopic (exact) mass is 356 g/mol. The molecular weight excluding hydrogens is 338 g/mol. The van der Waals surface area contributed by atoms with Crippen LogP contribution in [-0.4, -0.2) is 33.5 Å². The van der Waals surface area contributed by atoms with E-state index < -0.39 is 17.7 Å². The predicted molar refractivity (Wildman–Crippen MR) is 91.7 cm³/mol. The molecule has 134 valence electrons. The average Bonchev–Trinajstić information content (AvgIpc) is 3.14. The van der Waals surface area contributed by atoms with Crippen LogP contribution in [0.3, 0.4) is 0 Å². The van der Waals surface area contributed by atoms with Crippen molar-refractivity contribution in [3.8, 4) is 5.75 Å². The summed E-state index contributed by atoms with van der Waals surface area (Å²) in [5, 5.41) is 0. The first-order valence-corrected chi connectivity index (χ1v) is 8.37. The van der Waals surface area contributed by atoms with Gasteiger partial charge in [0.1, 0.15) is 0 Å². The normalized spacial score (nSPS) is 17.1. The van der Waals surface area contributed by atoms with Crippen LogP contribution in [0.5, 0.6) is 5.75 Å². The highest BCUT2D eigenvalue weighted by molar-refractivity contribution is 5.38. The van der Waals surface area contributed by atoms with Gasteiger partial charge in [0.25, 0.3) is 0 Å². The Balaban J connectivity index is 1.78. The van der Waals surface area contributed by atoms with Crippen LogP contribution in [0, 0.1) is 11.6 Å². The molecule has 0 amide bonds. The first-order valence-electron chi connectivity index (χ1n) is 8.37. The lowest BCUT2D eigenvalue weighted by molar-refractivity contribution is 0.193. The molecule has 7 heteroatoms. The number of methoxy groups -OCH3 is 1. The van der Waals surface area contributed by atoms with Gasteiger partial charge in [0, 0.05) is 37.0 Å². The van der Waals surface area contributed by atoms with E-state index in [4.69, 9.17) is 4.74 Å². The minimum atomic E-state index is -0.981. The molecule has 1 N–H and O–H groups in total. The van der Waals surface area contributed by atoms with Gasteiger partial charge in [0.15, 0.2) is 11.6 Å². The van der Waals surface area contributed by atoms with Crippen LogP contribution in [-0.2, 0) is 13.0 Å². The summed E-state index contributed by atoms with van der Waals surface area (Å²) in [5.74, 6) is -2.00. The highest BCUT2D eigenvalue weighted by Crippen LogP contribution is 2.37. The number of fused-ring (bicyclic) bond motifs is 1. The minimum Gasteiger partial charge on any atom is -0.494 e. The van der Waals surface area contributed by atoms with Crippen LogP contribution in [0.4, 0.5) is 8.78 Å². The molecule has 0 aliphatic carbocycles. The first kappa shape index (κ1) is 16.7. The van der Waals surface area contributed by atoms with Crippen molar-refractivity contribution >= 4 is 0 Å². The molecule has 3 aromatic rings.